The Balaban J connectivity index is 0.00000744. The summed E-state index contributed by atoms with van der Waals surface area (Å²) in [4.78, 5) is 39.5. The number of Topliss-reactive ketones (excluding diaryl/α,β-unsaturated/α-hetero) is 1. The molecular formula is C44H71NaO13. The molecule has 5 heterocycles. The fourth-order valence-electron chi connectivity index (χ4n) is 10.8. The number of hydrogen-bond acceptors (Lipinski definition) is 13. The van der Waals surface area contributed by atoms with Crippen LogP contribution >= 0.6 is 0 Å². The molecule has 0 bridgehead atoms. The van der Waals surface area contributed by atoms with E-state index in [2.05, 4.69) is 6.92 Å². The Kier molecular flexibility index (Phi) is 16.7. The predicted molar refractivity (Wildman–Crippen MR) is 207 cm³/mol. The average molecular weight is 831 g/mol. The van der Waals surface area contributed by atoms with Crippen LogP contribution in [0.25, 0.3) is 0 Å². The molecular weight excluding hydrogens is 759 g/mol. The molecule has 14 heteroatoms. The first-order chi connectivity index (χ1) is 26.7. The zero-order valence-electron chi connectivity index (χ0n) is 37.2. The van der Waals surface area contributed by atoms with Crippen molar-refractivity contribution >= 4 is 17.9 Å². The number of carbonyl (C=O) groups is 3. The quantitative estimate of drug-likeness (QED) is 0.157. The van der Waals surface area contributed by atoms with Crippen LogP contribution in [0.1, 0.15) is 133 Å². The number of hydrogen-bond donors (Lipinski definition) is 2. The van der Waals surface area contributed by atoms with Gasteiger partial charge in [-0.3, -0.25) is 4.79 Å². The Bertz CT molecular complexity index is 1460. The number of aliphatic hydroxyl groups is 2. The van der Waals surface area contributed by atoms with Gasteiger partial charge in [0.25, 0.3) is 0 Å². The van der Waals surface area contributed by atoms with Gasteiger partial charge < -0.3 is 53.3 Å². The van der Waals surface area contributed by atoms with Crippen LogP contribution in [0.2, 0.25) is 0 Å². The van der Waals surface area contributed by atoms with Crippen molar-refractivity contribution in [3.8, 4) is 0 Å². The first-order valence-electron chi connectivity index (χ1n) is 21.7. The van der Waals surface area contributed by atoms with Crippen LogP contribution in [0, 0.1) is 41.4 Å². The number of ketones is 1. The van der Waals surface area contributed by atoms with Crippen LogP contribution in [-0.2, 0) is 42.7 Å². The van der Waals surface area contributed by atoms with Crippen LogP contribution in [0.5, 0.6) is 0 Å². The molecule has 0 aromatic carbocycles. The van der Waals surface area contributed by atoms with Gasteiger partial charge in [0.1, 0.15) is 18.0 Å². The third-order valence-electron chi connectivity index (χ3n) is 14.8. The standard InChI is InChI=1S/C44H72O13.Na/c1-12-30(39(47)48)32-16-15-24(4)36(53-32)28(8)38(54-40(49)51-11)27(7)35(46)31(13-2)37-25(5)23-26(6)43(55-37)20-17-33(45)44(57-43)22-21-41(10,56-44)34-18-19-42(50,14-3)29(9)52-34;/h17,20,24-34,36-38,45,50H,12-16,18-19,21-23H2,1-11H3,(H,47,48);/q;+1/p-1/t24-,25-,26+,27+,28+,29-,30+,31-,32+,33+,34+,36+,37-,38+,41-,42+,43-,44-;/m0./s1. The zero-order valence-corrected chi connectivity index (χ0v) is 39.2. The SMILES string of the molecule is CC[C@@H](C(=O)[C@@H](C)[C@@H](OC(=O)OC)[C@H](C)[C@@H]1O[C@@H]([C@@H](CC)C(=O)[O-])CC[C@@H]1C)[C@H]1O[C@]2(C=C[C@@H](O)[C@]3(CC[C@@](C)([C@H]4CC[C@](O)(CC)[C@H](C)O4)O3)O2)[C@H](C)C[C@@H]1C.[Na+]. The summed E-state index contributed by atoms with van der Waals surface area (Å²) >= 11 is 0. The van der Waals surface area contributed by atoms with Gasteiger partial charge >= 0.3 is 35.7 Å². The normalized spacial score (nSPS) is 42.8. The van der Waals surface area contributed by atoms with E-state index < -0.39 is 89.1 Å². The van der Waals surface area contributed by atoms with Crippen molar-refractivity contribution in [3.05, 3.63) is 12.2 Å². The van der Waals surface area contributed by atoms with Crippen LogP contribution in [-0.4, -0.2) is 101 Å². The summed E-state index contributed by atoms with van der Waals surface area (Å²) in [6.07, 6.45) is 3.69. The molecule has 0 radical (unpaired) electrons. The molecule has 4 saturated heterocycles. The van der Waals surface area contributed by atoms with Crippen molar-refractivity contribution in [1.82, 2.24) is 0 Å². The van der Waals surface area contributed by atoms with E-state index in [4.69, 9.17) is 33.2 Å². The summed E-state index contributed by atoms with van der Waals surface area (Å²) < 4.78 is 44.4. The van der Waals surface area contributed by atoms with Gasteiger partial charge in [0, 0.05) is 36.1 Å². The van der Waals surface area contributed by atoms with Crippen LogP contribution in [0.3, 0.4) is 0 Å². The molecule has 0 aliphatic carbocycles. The van der Waals surface area contributed by atoms with Crippen LogP contribution < -0.4 is 34.7 Å². The van der Waals surface area contributed by atoms with E-state index in [1.165, 1.54) is 7.11 Å². The third-order valence-corrected chi connectivity index (χ3v) is 14.8. The molecule has 4 fully saturated rings. The summed E-state index contributed by atoms with van der Waals surface area (Å²) in [6.45, 7) is 19.3. The molecule has 5 aliphatic heterocycles. The minimum Gasteiger partial charge on any atom is -0.550 e. The van der Waals surface area contributed by atoms with Crippen molar-refractivity contribution in [2.75, 3.05) is 7.11 Å². The number of carbonyl (C=O) groups excluding carboxylic acids is 3. The predicted octanol–water partition coefficient (Wildman–Crippen LogP) is 2.65. The van der Waals surface area contributed by atoms with Crippen LogP contribution in [0.15, 0.2) is 12.2 Å². The monoisotopic (exact) mass is 830 g/mol. The average Bonchev–Trinajstić information content (AvgIpc) is 3.52. The number of methoxy groups -OCH3 is 1. The molecule has 2 spiro atoms. The summed E-state index contributed by atoms with van der Waals surface area (Å²) in [6, 6.07) is 0. The summed E-state index contributed by atoms with van der Waals surface area (Å²) in [5.41, 5.74) is -1.68. The second-order valence-electron chi connectivity index (χ2n) is 18.4. The molecule has 5 aliphatic rings. The fraction of sp³-hybridized carbons (Fsp3) is 0.886. The number of aliphatic hydroxyl groups excluding tert-OH is 1. The number of carboxylic acid groups (broad SMARTS) is 1. The van der Waals surface area contributed by atoms with E-state index in [0.29, 0.717) is 64.2 Å². The number of carboxylic acids is 1. The molecule has 5 rings (SSSR count). The molecule has 18 atom stereocenters. The van der Waals surface area contributed by atoms with E-state index in [0.717, 1.165) is 0 Å². The van der Waals surface area contributed by atoms with Gasteiger partial charge in [-0.15, -0.1) is 0 Å². The Hall–Kier alpha value is -1.13. The molecule has 0 unspecified atom stereocenters. The maximum atomic E-state index is 14.8. The Labute approximate surface area is 368 Å². The smallest absolute Gasteiger partial charge is 0.550 e. The zero-order chi connectivity index (χ0) is 42.2. The van der Waals surface area contributed by atoms with Crippen molar-refractivity contribution in [1.29, 1.82) is 0 Å². The second kappa shape index (κ2) is 19.5. The Morgan fingerprint density at radius 1 is 0.914 bits per heavy atom. The molecule has 0 aromatic heterocycles. The van der Waals surface area contributed by atoms with Crippen molar-refractivity contribution in [2.45, 2.75) is 199 Å². The Morgan fingerprint density at radius 3 is 2.17 bits per heavy atom. The maximum Gasteiger partial charge on any atom is 1.00 e. The number of ether oxygens (including phenoxy) is 7. The molecule has 0 saturated carbocycles. The van der Waals surface area contributed by atoms with E-state index in [1.807, 2.05) is 48.5 Å². The van der Waals surface area contributed by atoms with Crippen molar-refractivity contribution < 1.29 is 92.4 Å². The Morgan fingerprint density at radius 2 is 1.59 bits per heavy atom. The molecule has 13 nitrogen and oxygen atoms in total. The molecule has 0 amide bonds. The first kappa shape index (κ1) is 49.5. The first-order valence-corrected chi connectivity index (χ1v) is 21.7. The number of aliphatic carboxylic acids is 1. The molecule has 326 valence electrons. The molecule has 2 N–H and O–H groups in total. The van der Waals surface area contributed by atoms with E-state index >= 15 is 0 Å². The van der Waals surface area contributed by atoms with E-state index in [1.54, 1.807) is 26.0 Å². The van der Waals surface area contributed by atoms with Gasteiger partial charge in [-0.05, 0) is 95.6 Å². The fourth-order valence-corrected chi connectivity index (χ4v) is 10.8. The maximum absolute atomic E-state index is 14.8. The minimum atomic E-state index is -1.41. The van der Waals surface area contributed by atoms with Gasteiger partial charge in [0.05, 0.1) is 54.7 Å². The van der Waals surface area contributed by atoms with Gasteiger partial charge in [-0.2, -0.15) is 0 Å². The van der Waals surface area contributed by atoms with Gasteiger partial charge in [-0.1, -0.05) is 55.4 Å². The van der Waals surface area contributed by atoms with Gasteiger partial charge in [-0.25, -0.2) is 4.79 Å². The van der Waals surface area contributed by atoms with Gasteiger partial charge in [0.15, 0.2) is 5.79 Å². The summed E-state index contributed by atoms with van der Waals surface area (Å²) in [5, 5.41) is 34.5. The van der Waals surface area contributed by atoms with Gasteiger partial charge in [0.2, 0.25) is 5.79 Å². The second-order valence-corrected chi connectivity index (χ2v) is 18.4. The topological polar surface area (TPSA) is 179 Å². The molecule has 0 aromatic rings. The van der Waals surface area contributed by atoms with Crippen molar-refractivity contribution in [2.24, 2.45) is 41.4 Å². The molecule has 58 heavy (non-hydrogen) atoms. The largest absolute Gasteiger partial charge is 1.00 e. The number of rotatable bonds is 13. The van der Waals surface area contributed by atoms with E-state index in [9.17, 15) is 29.7 Å². The van der Waals surface area contributed by atoms with E-state index in [-0.39, 0.29) is 65.3 Å². The third kappa shape index (κ3) is 9.59. The summed E-state index contributed by atoms with van der Waals surface area (Å²) in [7, 11) is 1.22. The van der Waals surface area contributed by atoms with Crippen LogP contribution in [0.4, 0.5) is 4.79 Å². The van der Waals surface area contributed by atoms with Crippen molar-refractivity contribution in [3.63, 3.8) is 0 Å². The minimum absolute atomic E-state index is 0. The summed E-state index contributed by atoms with van der Waals surface area (Å²) in [5.74, 6) is -6.88.